The van der Waals surface area contributed by atoms with E-state index in [1.54, 1.807) is 49.4 Å². The molecule has 0 fully saturated rings. The van der Waals surface area contributed by atoms with Crippen molar-refractivity contribution in [2.45, 2.75) is 13.3 Å². The Bertz CT molecular complexity index is 1300. The highest BCUT2D eigenvalue weighted by Gasteiger charge is 2.10. The molecule has 11 nitrogen and oxygen atoms in total. The molecule has 0 bridgehead atoms. The zero-order valence-corrected chi connectivity index (χ0v) is 21.1. The number of carboxylic acid groups (broad SMARTS) is 1. The van der Waals surface area contributed by atoms with E-state index in [0.717, 1.165) is 0 Å². The maximum Gasteiger partial charge on any atom is 0.411 e. The lowest BCUT2D eigenvalue weighted by atomic mass is 10.1. The third-order valence-corrected chi connectivity index (χ3v) is 4.60. The SMILES string of the molecule is C=CCOC(=O)Nc1cccc(C(=O)OCC)c1.O=C(O)Nc1cccc(C(=O)Cc2ccnc(Cl)n2)c1. The highest BCUT2D eigenvalue weighted by Crippen LogP contribution is 2.14. The summed E-state index contributed by atoms with van der Waals surface area (Å²) in [6.45, 7) is 5.59. The van der Waals surface area contributed by atoms with E-state index in [4.69, 9.17) is 26.2 Å². The predicted molar refractivity (Wildman–Crippen MR) is 141 cm³/mol. The number of aromatic nitrogens is 2. The lowest BCUT2D eigenvalue weighted by Crippen LogP contribution is -2.14. The van der Waals surface area contributed by atoms with Crippen LogP contribution in [-0.4, -0.2) is 52.2 Å². The quantitative estimate of drug-likeness (QED) is 0.143. The summed E-state index contributed by atoms with van der Waals surface area (Å²) in [6.07, 6.45) is 1.22. The fourth-order valence-electron chi connectivity index (χ4n) is 2.86. The standard InChI is InChI=1S/C13H10ClN3O3.C13H15NO4/c14-12-15-5-4-10(16-12)7-11(18)8-2-1-3-9(6-8)17-13(19)20;1-3-8-18-13(16)14-11-7-5-6-10(9-11)12(15)17-4-2/h1-6,17H,7H2,(H,19,20);3,5-7,9H,1,4,8H2,2H3,(H,14,16). The number of carbonyl (C=O) groups excluding carboxylic acids is 3. The molecule has 0 aliphatic heterocycles. The topological polar surface area (TPSA) is 157 Å². The third-order valence-electron chi connectivity index (χ3n) is 4.41. The summed E-state index contributed by atoms with van der Waals surface area (Å²) >= 11 is 5.65. The maximum absolute atomic E-state index is 12.1. The van der Waals surface area contributed by atoms with Gasteiger partial charge in [-0.1, -0.05) is 30.9 Å². The number of nitrogens with zero attached hydrogens (tertiary/aromatic N) is 2. The number of Topliss-reactive ketones (excluding diaryl/α,β-unsaturated/α-hetero) is 1. The van der Waals surface area contributed by atoms with E-state index in [-0.39, 0.29) is 24.1 Å². The minimum atomic E-state index is -1.18. The molecule has 0 aliphatic rings. The van der Waals surface area contributed by atoms with Crippen molar-refractivity contribution in [2.75, 3.05) is 23.8 Å². The Morgan fingerprint density at radius 3 is 2.29 bits per heavy atom. The summed E-state index contributed by atoms with van der Waals surface area (Å²) < 4.78 is 9.62. The molecule has 0 aliphatic carbocycles. The molecule has 2 amide bonds. The van der Waals surface area contributed by atoms with E-state index in [1.807, 2.05) is 0 Å². The van der Waals surface area contributed by atoms with Crippen LogP contribution in [0.25, 0.3) is 0 Å². The number of ether oxygens (including phenoxy) is 2. The van der Waals surface area contributed by atoms with Gasteiger partial charge in [-0.15, -0.1) is 0 Å². The van der Waals surface area contributed by atoms with Crippen LogP contribution in [0.4, 0.5) is 21.0 Å². The average molecular weight is 541 g/mol. The number of benzene rings is 2. The summed E-state index contributed by atoms with van der Waals surface area (Å²) in [5, 5.41) is 13.4. The lowest BCUT2D eigenvalue weighted by Gasteiger charge is -2.07. The van der Waals surface area contributed by atoms with Crippen LogP contribution < -0.4 is 10.6 Å². The lowest BCUT2D eigenvalue weighted by molar-refractivity contribution is 0.0526. The van der Waals surface area contributed by atoms with Gasteiger partial charge in [-0.25, -0.2) is 24.4 Å². The molecule has 2 aromatic carbocycles. The van der Waals surface area contributed by atoms with Crippen LogP contribution in [0.15, 0.2) is 73.4 Å². The molecule has 3 N–H and O–H groups in total. The van der Waals surface area contributed by atoms with Crippen molar-refractivity contribution < 1.29 is 33.8 Å². The number of ketones is 1. The first-order chi connectivity index (χ1) is 18.2. The number of halogens is 1. The van der Waals surface area contributed by atoms with E-state index in [9.17, 15) is 19.2 Å². The van der Waals surface area contributed by atoms with Gasteiger partial charge < -0.3 is 14.6 Å². The Labute approximate surface area is 223 Å². The molecule has 38 heavy (non-hydrogen) atoms. The van der Waals surface area contributed by atoms with Gasteiger partial charge >= 0.3 is 18.2 Å². The molecule has 1 aromatic heterocycles. The van der Waals surface area contributed by atoms with Crippen LogP contribution in [0.1, 0.15) is 33.3 Å². The number of hydrogen-bond acceptors (Lipinski definition) is 8. The van der Waals surface area contributed by atoms with Crippen LogP contribution in [-0.2, 0) is 15.9 Å². The fraction of sp³-hybridized carbons (Fsp3) is 0.154. The minimum Gasteiger partial charge on any atom is -0.465 e. The van der Waals surface area contributed by atoms with Crippen molar-refractivity contribution in [3.63, 3.8) is 0 Å². The minimum absolute atomic E-state index is 0.0682. The molecule has 3 aromatic rings. The summed E-state index contributed by atoms with van der Waals surface area (Å²) in [5.74, 6) is -0.616. The van der Waals surface area contributed by atoms with Gasteiger partial charge in [0, 0.05) is 23.1 Å². The van der Waals surface area contributed by atoms with Crippen LogP contribution in [0.3, 0.4) is 0 Å². The van der Waals surface area contributed by atoms with Gasteiger partial charge in [0.2, 0.25) is 5.28 Å². The Morgan fingerprint density at radius 2 is 1.66 bits per heavy atom. The number of rotatable bonds is 9. The van der Waals surface area contributed by atoms with Crippen molar-refractivity contribution >= 4 is 46.9 Å². The molecule has 3 rings (SSSR count). The van der Waals surface area contributed by atoms with E-state index in [2.05, 4.69) is 27.2 Å². The first-order valence-corrected chi connectivity index (χ1v) is 11.5. The van der Waals surface area contributed by atoms with Crippen LogP contribution >= 0.6 is 11.6 Å². The van der Waals surface area contributed by atoms with Crippen molar-refractivity contribution in [1.29, 1.82) is 0 Å². The molecule has 1 heterocycles. The van der Waals surface area contributed by atoms with Gasteiger partial charge in [0.25, 0.3) is 0 Å². The maximum atomic E-state index is 12.1. The second-order valence-corrected chi connectivity index (χ2v) is 7.58. The van der Waals surface area contributed by atoms with Crippen molar-refractivity contribution in [3.05, 3.63) is 95.6 Å². The summed E-state index contributed by atoms with van der Waals surface area (Å²) in [7, 11) is 0. The zero-order valence-electron chi connectivity index (χ0n) is 20.3. The van der Waals surface area contributed by atoms with E-state index >= 15 is 0 Å². The molecule has 0 saturated heterocycles. The summed E-state index contributed by atoms with van der Waals surface area (Å²) in [5.41, 5.74) is 2.08. The highest BCUT2D eigenvalue weighted by molar-refractivity contribution is 6.28. The van der Waals surface area contributed by atoms with E-state index in [1.165, 1.54) is 24.4 Å². The van der Waals surface area contributed by atoms with Crippen LogP contribution in [0, 0.1) is 0 Å². The number of esters is 1. The van der Waals surface area contributed by atoms with Crippen molar-refractivity contribution in [3.8, 4) is 0 Å². The number of nitrogens with one attached hydrogen (secondary N) is 2. The van der Waals surface area contributed by atoms with Gasteiger partial charge in [-0.3, -0.25) is 15.4 Å². The molecule has 0 atom stereocenters. The Kier molecular flexibility index (Phi) is 11.9. The van der Waals surface area contributed by atoms with Crippen molar-refractivity contribution in [2.24, 2.45) is 0 Å². The first-order valence-electron chi connectivity index (χ1n) is 11.1. The normalized spacial score (nSPS) is 9.74. The van der Waals surface area contributed by atoms with Gasteiger partial charge in [-0.2, -0.15) is 0 Å². The number of hydrogen-bond donors (Lipinski definition) is 3. The van der Waals surface area contributed by atoms with Gasteiger partial charge in [0.1, 0.15) is 6.61 Å². The van der Waals surface area contributed by atoms with Crippen molar-refractivity contribution in [1.82, 2.24) is 9.97 Å². The van der Waals surface area contributed by atoms with Gasteiger partial charge in [0.05, 0.1) is 24.3 Å². The monoisotopic (exact) mass is 540 g/mol. The number of anilines is 2. The number of carbonyl (C=O) groups is 4. The second kappa shape index (κ2) is 15.4. The Hall–Kier alpha value is -4.77. The van der Waals surface area contributed by atoms with E-state index in [0.29, 0.717) is 34.8 Å². The second-order valence-electron chi connectivity index (χ2n) is 7.24. The van der Waals surface area contributed by atoms with Gasteiger partial charge in [0.15, 0.2) is 5.78 Å². The summed E-state index contributed by atoms with van der Waals surface area (Å²) in [6, 6.07) is 14.3. The third kappa shape index (κ3) is 10.5. The van der Waals surface area contributed by atoms with Crippen LogP contribution in [0.5, 0.6) is 0 Å². The summed E-state index contributed by atoms with van der Waals surface area (Å²) in [4.78, 5) is 53.1. The zero-order chi connectivity index (χ0) is 27.9. The molecule has 0 saturated carbocycles. The molecule has 198 valence electrons. The first kappa shape index (κ1) is 29.5. The average Bonchev–Trinajstić information content (AvgIpc) is 2.88. The highest BCUT2D eigenvalue weighted by atomic mass is 35.5. The van der Waals surface area contributed by atoms with Crippen LogP contribution in [0.2, 0.25) is 5.28 Å². The Morgan fingerprint density at radius 1 is 1.00 bits per heavy atom. The molecule has 0 spiro atoms. The van der Waals surface area contributed by atoms with E-state index < -0.39 is 18.2 Å². The molecular weight excluding hydrogens is 516 g/mol. The molecule has 12 heteroatoms. The predicted octanol–water partition coefficient (Wildman–Crippen LogP) is 5.24. The smallest absolute Gasteiger partial charge is 0.411 e. The molecule has 0 radical (unpaired) electrons. The number of amides is 2. The fourth-order valence-corrected chi connectivity index (χ4v) is 3.02. The Balaban J connectivity index is 0.000000269. The molecular formula is C26H25ClN4O7. The largest absolute Gasteiger partial charge is 0.465 e. The molecule has 0 unspecified atom stereocenters. The van der Waals surface area contributed by atoms with Gasteiger partial charge in [-0.05, 0) is 54.9 Å².